The lowest BCUT2D eigenvalue weighted by atomic mass is 9.99. The normalized spacial score (nSPS) is 29.9. The van der Waals surface area contributed by atoms with Crippen molar-refractivity contribution in [3.63, 3.8) is 0 Å². The molecule has 0 aliphatic carbocycles. The van der Waals surface area contributed by atoms with Crippen LogP contribution in [0.2, 0.25) is 0 Å². The van der Waals surface area contributed by atoms with Crippen LogP contribution < -0.4 is 5.32 Å². The summed E-state index contributed by atoms with van der Waals surface area (Å²) in [6, 6.07) is 0.00954. The third-order valence-electron chi connectivity index (χ3n) is 3.22. The highest BCUT2D eigenvalue weighted by Crippen LogP contribution is 2.20. The van der Waals surface area contributed by atoms with Crippen LogP contribution in [0, 0.1) is 11.8 Å². The van der Waals surface area contributed by atoms with Crippen LogP contribution in [0.3, 0.4) is 0 Å². The number of ether oxygens (including phenoxy) is 1. The Morgan fingerprint density at radius 2 is 2.27 bits per heavy atom. The summed E-state index contributed by atoms with van der Waals surface area (Å²) in [7, 11) is 0. The maximum Gasteiger partial charge on any atom is 0.226 e. The predicted octanol–water partition coefficient (Wildman–Crippen LogP) is 0.544. The summed E-state index contributed by atoms with van der Waals surface area (Å²) in [4.78, 5) is 11.8. The molecule has 1 heterocycles. The molecule has 0 aromatic rings. The number of hydrogen-bond acceptors (Lipinski definition) is 3. The fourth-order valence-electron chi connectivity index (χ4n) is 1.71. The van der Waals surface area contributed by atoms with Gasteiger partial charge in [0.2, 0.25) is 5.91 Å². The first-order valence-electron chi connectivity index (χ1n) is 5.59. The molecule has 0 spiro atoms. The summed E-state index contributed by atoms with van der Waals surface area (Å²) >= 11 is 0. The summed E-state index contributed by atoms with van der Waals surface area (Å²) in [5, 5.41) is 11.9. The van der Waals surface area contributed by atoms with Crippen LogP contribution in [-0.4, -0.2) is 36.4 Å². The molecule has 1 saturated heterocycles. The molecule has 4 unspecified atom stereocenters. The zero-order valence-electron chi connectivity index (χ0n) is 9.69. The highest BCUT2D eigenvalue weighted by atomic mass is 16.5. The van der Waals surface area contributed by atoms with E-state index in [1.165, 1.54) is 0 Å². The van der Waals surface area contributed by atoms with E-state index in [0.29, 0.717) is 6.61 Å². The maximum absolute atomic E-state index is 11.8. The molecule has 1 fully saturated rings. The molecule has 1 aliphatic rings. The zero-order chi connectivity index (χ0) is 11.4. The second-order valence-electron chi connectivity index (χ2n) is 4.43. The summed E-state index contributed by atoms with van der Waals surface area (Å²) in [6.07, 6.45) is 0.814. The fourth-order valence-corrected chi connectivity index (χ4v) is 1.71. The van der Waals surface area contributed by atoms with Crippen LogP contribution in [-0.2, 0) is 9.53 Å². The first-order valence-corrected chi connectivity index (χ1v) is 5.59. The molecule has 0 aromatic heterocycles. The molecule has 0 saturated carbocycles. The van der Waals surface area contributed by atoms with Crippen molar-refractivity contribution in [1.29, 1.82) is 0 Å². The first kappa shape index (κ1) is 12.5. The Morgan fingerprint density at radius 1 is 1.60 bits per heavy atom. The molecule has 1 rings (SSSR count). The lowest BCUT2D eigenvalue weighted by molar-refractivity contribution is -0.127. The van der Waals surface area contributed by atoms with Crippen LogP contribution in [0.4, 0.5) is 0 Å². The molecule has 1 aliphatic heterocycles. The lowest BCUT2D eigenvalue weighted by Crippen LogP contribution is -2.43. The van der Waals surface area contributed by atoms with Gasteiger partial charge in [-0.15, -0.1) is 0 Å². The maximum atomic E-state index is 11.8. The van der Waals surface area contributed by atoms with Gasteiger partial charge in [-0.1, -0.05) is 6.92 Å². The molecular formula is C11H21NO3. The van der Waals surface area contributed by atoms with Crippen molar-refractivity contribution in [1.82, 2.24) is 5.32 Å². The summed E-state index contributed by atoms with van der Waals surface area (Å²) in [5.74, 6) is 0.109. The Labute approximate surface area is 91.0 Å². The van der Waals surface area contributed by atoms with Gasteiger partial charge in [-0.3, -0.25) is 4.79 Å². The Kier molecular flexibility index (Phi) is 4.54. The third-order valence-corrected chi connectivity index (χ3v) is 3.22. The molecule has 0 aromatic carbocycles. The largest absolute Gasteiger partial charge is 0.396 e. The van der Waals surface area contributed by atoms with Crippen molar-refractivity contribution >= 4 is 5.91 Å². The average molecular weight is 215 g/mol. The minimum Gasteiger partial charge on any atom is -0.396 e. The van der Waals surface area contributed by atoms with Crippen LogP contribution in [0.1, 0.15) is 27.2 Å². The van der Waals surface area contributed by atoms with Crippen LogP contribution in [0.25, 0.3) is 0 Å². The number of aliphatic hydroxyl groups excluding tert-OH is 1. The number of carbonyl (C=O) groups excluding carboxylic acids is 1. The SMILES string of the molecule is CC(CO)C(C)NC(=O)C1CCOC1C. The van der Waals surface area contributed by atoms with Crippen LogP contribution >= 0.6 is 0 Å². The van der Waals surface area contributed by atoms with Crippen molar-refractivity contribution in [2.45, 2.75) is 39.3 Å². The highest BCUT2D eigenvalue weighted by molar-refractivity contribution is 5.79. The summed E-state index contributed by atoms with van der Waals surface area (Å²) < 4.78 is 5.34. The topological polar surface area (TPSA) is 58.6 Å². The Balaban J connectivity index is 2.41. The van der Waals surface area contributed by atoms with E-state index < -0.39 is 0 Å². The molecule has 88 valence electrons. The second-order valence-corrected chi connectivity index (χ2v) is 4.43. The fraction of sp³-hybridized carbons (Fsp3) is 0.909. The minimum atomic E-state index is -0.0293. The monoisotopic (exact) mass is 215 g/mol. The van der Waals surface area contributed by atoms with Gasteiger partial charge in [-0.2, -0.15) is 0 Å². The average Bonchev–Trinajstić information content (AvgIpc) is 2.63. The van der Waals surface area contributed by atoms with Crippen molar-refractivity contribution in [3.8, 4) is 0 Å². The van der Waals surface area contributed by atoms with Crippen molar-refractivity contribution < 1.29 is 14.6 Å². The predicted molar refractivity (Wildman–Crippen MR) is 57.4 cm³/mol. The zero-order valence-corrected chi connectivity index (χ0v) is 9.69. The number of carbonyl (C=O) groups is 1. The van der Waals surface area contributed by atoms with Crippen LogP contribution in [0.15, 0.2) is 0 Å². The molecule has 4 nitrogen and oxygen atoms in total. The van der Waals surface area contributed by atoms with Gasteiger partial charge in [0, 0.05) is 19.3 Å². The van der Waals surface area contributed by atoms with Crippen molar-refractivity contribution in [2.75, 3.05) is 13.2 Å². The third kappa shape index (κ3) is 3.18. The first-order chi connectivity index (χ1) is 7.06. The molecule has 1 amide bonds. The van der Waals surface area contributed by atoms with E-state index in [1.807, 2.05) is 20.8 Å². The Morgan fingerprint density at radius 3 is 2.73 bits per heavy atom. The minimum absolute atomic E-state index is 0.00954. The molecule has 4 heteroatoms. The summed E-state index contributed by atoms with van der Waals surface area (Å²) in [6.45, 7) is 6.53. The number of amides is 1. The van der Waals surface area contributed by atoms with Gasteiger partial charge in [-0.05, 0) is 26.2 Å². The molecule has 0 bridgehead atoms. The Bertz CT molecular complexity index is 220. The molecule has 4 atom stereocenters. The van der Waals surface area contributed by atoms with E-state index in [4.69, 9.17) is 9.84 Å². The Hall–Kier alpha value is -0.610. The van der Waals surface area contributed by atoms with E-state index in [1.54, 1.807) is 0 Å². The van der Waals surface area contributed by atoms with E-state index in [-0.39, 0.29) is 36.5 Å². The smallest absolute Gasteiger partial charge is 0.226 e. The van der Waals surface area contributed by atoms with Gasteiger partial charge >= 0.3 is 0 Å². The van der Waals surface area contributed by atoms with Crippen molar-refractivity contribution in [2.24, 2.45) is 11.8 Å². The molecule has 0 radical (unpaired) electrons. The molecule has 15 heavy (non-hydrogen) atoms. The number of hydrogen-bond donors (Lipinski definition) is 2. The van der Waals surface area contributed by atoms with E-state index in [2.05, 4.69) is 5.32 Å². The number of aliphatic hydroxyl groups is 1. The standard InChI is InChI=1S/C11H21NO3/c1-7(6-13)8(2)12-11(14)10-4-5-15-9(10)3/h7-10,13H,4-6H2,1-3H3,(H,12,14). The van der Waals surface area contributed by atoms with Crippen molar-refractivity contribution in [3.05, 3.63) is 0 Å². The highest BCUT2D eigenvalue weighted by Gasteiger charge is 2.31. The number of nitrogens with one attached hydrogen (secondary N) is 1. The van der Waals surface area contributed by atoms with Gasteiger partial charge in [-0.25, -0.2) is 0 Å². The molecular weight excluding hydrogens is 194 g/mol. The molecule has 2 N–H and O–H groups in total. The quantitative estimate of drug-likeness (QED) is 0.720. The van der Waals surface area contributed by atoms with E-state index in [9.17, 15) is 4.79 Å². The number of rotatable bonds is 4. The van der Waals surface area contributed by atoms with Gasteiger partial charge < -0.3 is 15.2 Å². The van der Waals surface area contributed by atoms with Gasteiger partial charge in [0.25, 0.3) is 0 Å². The summed E-state index contributed by atoms with van der Waals surface area (Å²) in [5.41, 5.74) is 0. The second kappa shape index (κ2) is 5.47. The van der Waals surface area contributed by atoms with E-state index >= 15 is 0 Å². The van der Waals surface area contributed by atoms with Crippen LogP contribution in [0.5, 0.6) is 0 Å². The van der Waals surface area contributed by atoms with Gasteiger partial charge in [0.05, 0.1) is 12.0 Å². The van der Waals surface area contributed by atoms with Gasteiger partial charge in [0.15, 0.2) is 0 Å². The lowest BCUT2D eigenvalue weighted by Gasteiger charge is -2.22. The van der Waals surface area contributed by atoms with Gasteiger partial charge in [0.1, 0.15) is 0 Å². The van der Waals surface area contributed by atoms with E-state index in [0.717, 1.165) is 6.42 Å².